The maximum atomic E-state index is 12.1. The number of para-hydroxylation sites is 1. The monoisotopic (exact) mass is 309 g/mol. The molecule has 2 heterocycles. The summed E-state index contributed by atoms with van der Waals surface area (Å²) in [7, 11) is 1.61. The summed E-state index contributed by atoms with van der Waals surface area (Å²) in [5, 5.41) is 2.88. The summed E-state index contributed by atoms with van der Waals surface area (Å²) in [6.07, 6.45) is 0. The molecule has 0 spiro atoms. The predicted octanol–water partition coefficient (Wildman–Crippen LogP) is 2.58. The number of methoxy groups -OCH3 is 1. The first kappa shape index (κ1) is 13.6. The minimum Gasteiger partial charge on any atom is -0.497 e. The largest absolute Gasteiger partial charge is 0.497 e. The van der Waals surface area contributed by atoms with Crippen LogP contribution in [0.15, 0.2) is 42.5 Å². The van der Waals surface area contributed by atoms with E-state index in [-0.39, 0.29) is 5.91 Å². The minimum atomic E-state index is -0.0813. The van der Waals surface area contributed by atoms with E-state index in [1.165, 1.54) is 0 Å². The highest BCUT2D eigenvalue weighted by atomic mass is 16.5. The van der Waals surface area contributed by atoms with Gasteiger partial charge in [0, 0.05) is 19.2 Å². The van der Waals surface area contributed by atoms with Crippen molar-refractivity contribution in [1.82, 2.24) is 14.9 Å². The van der Waals surface area contributed by atoms with Crippen molar-refractivity contribution >= 4 is 16.9 Å². The molecule has 3 aromatic rings. The fraction of sp³-hybridized carbons (Fsp3) is 0.176. The van der Waals surface area contributed by atoms with Crippen LogP contribution >= 0.6 is 0 Å². The van der Waals surface area contributed by atoms with E-state index in [2.05, 4.69) is 10.3 Å². The lowest BCUT2D eigenvalue weighted by atomic mass is 10.2. The maximum absolute atomic E-state index is 12.1. The lowest BCUT2D eigenvalue weighted by Gasteiger charge is -2.09. The van der Waals surface area contributed by atoms with Gasteiger partial charge in [-0.2, -0.15) is 4.98 Å². The van der Waals surface area contributed by atoms with Gasteiger partial charge in [-0.25, -0.2) is 0 Å². The number of benzene rings is 2. The Kier molecular flexibility index (Phi) is 3.15. The normalized spacial score (nSPS) is 13.5. The van der Waals surface area contributed by atoms with Crippen LogP contribution in [0.1, 0.15) is 10.4 Å². The molecule has 0 radical (unpaired) electrons. The van der Waals surface area contributed by atoms with Crippen LogP contribution in [0, 0.1) is 0 Å². The molecule has 0 saturated carbocycles. The van der Waals surface area contributed by atoms with Gasteiger partial charge in [0.2, 0.25) is 0 Å². The molecule has 1 N–H and O–H groups in total. The lowest BCUT2D eigenvalue weighted by molar-refractivity contribution is 0.0956. The van der Waals surface area contributed by atoms with Gasteiger partial charge in [0.15, 0.2) is 0 Å². The van der Waals surface area contributed by atoms with E-state index in [9.17, 15) is 4.79 Å². The molecule has 23 heavy (non-hydrogen) atoms. The third-order valence-corrected chi connectivity index (χ3v) is 3.85. The van der Waals surface area contributed by atoms with Crippen molar-refractivity contribution in [3.63, 3.8) is 0 Å². The SMILES string of the molecule is COc1cccc(Oc2nc3cccc4c3n2CCNC4=O)c1. The van der Waals surface area contributed by atoms with Crippen molar-refractivity contribution in [2.45, 2.75) is 6.54 Å². The van der Waals surface area contributed by atoms with E-state index in [4.69, 9.17) is 9.47 Å². The Morgan fingerprint density at radius 1 is 1.17 bits per heavy atom. The number of nitrogens with zero attached hydrogens (tertiary/aromatic N) is 2. The molecule has 0 unspecified atom stereocenters. The number of nitrogens with one attached hydrogen (secondary N) is 1. The van der Waals surface area contributed by atoms with E-state index in [1.54, 1.807) is 19.2 Å². The summed E-state index contributed by atoms with van der Waals surface area (Å²) in [4.78, 5) is 16.7. The van der Waals surface area contributed by atoms with Crippen LogP contribution in [0.25, 0.3) is 11.0 Å². The van der Waals surface area contributed by atoms with Crippen LogP contribution in [0.2, 0.25) is 0 Å². The van der Waals surface area contributed by atoms with Gasteiger partial charge in [-0.1, -0.05) is 12.1 Å². The molecule has 0 aliphatic carbocycles. The zero-order valence-corrected chi connectivity index (χ0v) is 12.6. The number of amides is 1. The standard InChI is InChI=1S/C17H15N3O3/c1-22-11-4-2-5-12(10-11)23-17-19-14-7-3-6-13-15(14)20(17)9-8-18-16(13)21/h2-7,10H,8-9H2,1H3,(H,18,21). The van der Waals surface area contributed by atoms with Crippen molar-refractivity contribution in [2.75, 3.05) is 13.7 Å². The van der Waals surface area contributed by atoms with Gasteiger partial charge in [-0.15, -0.1) is 0 Å². The highest BCUT2D eigenvalue weighted by molar-refractivity contribution is 6.05. The Labute approximate surface area is 132 Å². The van der Waals surface area contributed by atoms with Crippen LogP contribution in [-0.2, 0) is 6.54 Å². The fourth-order valence-corrected chi connectivity index (χ4v) is 2.78. The molecule has 0 bridgehead atoms. The zero-order chi connectivity index (χ0) is 15.8. The average Bonchev–Trinajstić information content (AvgIpc) is 2.82. The van der Waals surface area contributed by atoms with E-state index in [0.29, 0.717) is 36.2 Å². The van der Waals surface area contributed by atoms with Gasteiger partial charge in [0.1, 0.15) is 11.5 Å². The Bertz CT molecular complexity index is 901. The second-order valence-corrected chi connectivity index (χ2v) is 5.26. The summed E-state index contributed by atoms with van der Waals surface area (Å²) in [5.74, 6) is 1.27. The summed E-state index contributed by atoms with van der Waals surface area (Å²) < 4.78 is 13.1. The van der Waals surface area contributed by atoms with Crippen LogP contribution in [0.3, 0.4) is 0 Å². The smallest absolute Gasteiger partial charge is 0.303 e. The number of carbonyl (C=O) groups is 1. The molecule has 2 aromatic carbocycles. The highest BCUT2D eigenvalue weighted by Crippen LogP contribution is 2.30. The first-order chi connectivity index (χ1) is 11.3. The van der Waals surface area contributed by atoms with Gasteiger partial charge in [0.25, 0.3) is 5.91 Å². The number of hydrogen-bond donors (Lipinski definition) is 1. The van der Waals surface area contributed by atoms with Crippen molar-refractivity contribution in [3.05, 3.63) is 48.0 Å². The second-order valence-electron chi connectivity index (χ2n) is 5.26. The molecule has 6 nitrogen and oxygen atoms in total. The zero-order valence-electron chi connectivity index (χ0n) is 12.6. The molecule has 0 fully saturated rings. The van der Waals surface area contributed by atoms with Crippen LogP contribution in [0.4, 0.5) is 0 Å². The number of aromatic nitrogens is 2. The molecular weight excluding hydrogens is 294 g/mol. The third-order valence-electron chi connectivity index (χ3n) is 3.85. The van der Waals surface area contributed by atoms with E-state index in [1.807, 2.05) is 34.9 Å². The number of carbonyl (C=O) groups excluding carboxylic acids is 1. The van der Waals surface area contributed by atoms with Crippen molar-refractivity contribution < 1.29 is 14.3 Å². The van der Waals surface area contributed by atoms with Crippen molar-refractivity contribution in [2.24, 2.45) is 0 Å². The summed E-state index contributed by atoms with van der Waals surface area (Å²) in [5.41, 5.74) is 2.17. The number of ether oxygens (including phenoxy) is 2. The molecule has 1 aliphatic rings. The minimum absolute atomic E-state index is 0.0813. The Morgan fingerprint density at radius 2 is 2.00 bits per heavy atom. The fourth-order valence-electron chi connectivity index (χ4n) is 2.78. The van der Waals surface area contributed by atoms with Crippen LogP contribution < -0.4 is 14.8 Å². The average molecular weight is 309 g/mol. The first-order valence-corrected chi connectivity index (χ1v) is 7.35. The van der Waals surface area contributed by atoms with Crippen molar-refractivity contribution in [1.29, 1.82) is 0 Å². The van der Waals surface area contributed by atoms with E-state index < -0.39 is 0 Å². The quantitative estimate of drug-likeness (QED) is 0.807. The molecule has 4 rings (SSSR count). The molecule has 1 amide bonds. The van der Waals surface area contributed by atoms with Gasteiger partial charge >= 0.3 is 6.01 Å². The Morgan fingerprint density at radius 3 is 2.87 bits per heavy atom. The molecule has 0 atom stereocenters. The van der Waals surface area contributed by atoms with Gasteiger partial charge < -0.3 is 14.8 Å². The van der Waals surface area contributed by atoms with Crippen molar-refractivity contribution in [3.8, 4) is 17.5 Å². The maximum Gasteiger partial charge on any atom is 0.303 e. The summed E-state index contributed by atoms with van der Waals surface area (Å²) >= 11 is 0. The molecule has 1 aromatic heterocycles. The number of rotatable bonds is 3. The first-order valence-electron chi connectivity index (χ1n) is 7.35. The molecule has 1 aliphatic heterocycles. The van der Waals surface area contributed by atoms with E-state index >= 15 is 0 Å². The Balaban J connectivity index is 1.82. The highest BCUT2D eigenvalue weighted by Gasteiger charge is 2.22. The second kappa shape index (κ2) is 5.31. The summed E-state index contributed by atoms with van der Waals surface area (Å²) in [6.45, 7) is 1.14. The number of hydrogen-bond acceptors (Lipinski definition) is 4. The molecule has 6 heteroatoms. The lowest BCUT2D eigenvalue weighted by Crippen LogP contribution is -2.24. The molecule has 0 saturated heterocycles. The Hall–Kier alpha value is -3.02. The summed E-state index contributed by atoms with van der Waals surface area (Å²) in [6, 6.07) is 13.3. The topological polar surface area (TPSA) is 65.4 Å². The number of imidazole rings is 1. The van der Waals surface area contributed by atoms with Crippen LogP contribution in [-0.4, -0.2) is 29.1 Å². The molecule has 116 valence electrons. The predicted molar refractivity (Wildman–Crippen MR) is 85.1 cm³/mol. The van der Waals surface area contributed by atoms with E-state index in [0.717, 1.165) is 11.0 Å². The van der Waals surface area contributed by atoms with Gasteiger partial charge in [-0.05, 0) is 24.3 Å². The molecular formula is C17H15N3O3. The van der Waals surface area contributed by atoms with Crippen LogP contribution in [0.5, 0.6) is 17.5 Å². The van der Waals surface area contributed by atoms with Gasteiger partial charge in [0.05, 0.1) is 23.7 Å². The third kappa shape index (κ3) is 2.28. The van der Waals surface area contributed by atoms with Gasteiger partial charge in [-0.3, -0.25) is 9.36 Å².